The maximum Gasteiger partial charge on any atom is 0.230 e. The maximum atomic E-state index is 12.4. The molecule has 1 aromatic heterocycles. The Kier molecular flexibility index (Phi) is 8.16. The smallest absolute Gasteiger partial charge is 0.230 e. The van der Waals surface area contributed by atoms with E-state index < -0.39 is 0 Å². The number of hydrogen-bond donors (Lipinski definition) is 1. The van der Waals surface area contributed by atoms with Crippen molar-refractivity contribution in [1.82, 2.24) is 20.1 Å². The first kappa shape index (κ1) is 21.4. The zero-order valence-corrected chi connectivity index (χ0v) is 17.9. The second-order valence-electron chi connectivity index (χ2n) is 7.36. The van der Waals surface area contributed by atoms with Gasteiger partial charge in [0.25, 0.3) is 0 Å². The summed E-state index contributed by atoms with van der Waals surface area (Å²) in [6.45, 7) is 6.35. The number of aromatic nitrogens is 3. The van der Waals surface area contributed by atoms with Gasteiger partial charge < -0.3 is 10.1 Å². The zero-order chi connectivity index (χ0) is 20.5. The van der Waals surface area contributed by atoms with Gasteiger partial charge in [-0.05, 0) is 31.9 Å². The van der Waals surface area contributed by atoms with E-state index in [2.05, 4.69) is 22.1 Å². The van der Waals surface area contributed by atoms with Gasteiger partial charge in [-0.1, -0.05) is 61.7 Å². The summed E-state index contributed by atoms with van der Waals surface area (Å²) in [6, 6.07) is 9.96. The molecule has 1 amide bonds. The van der Waals surface area contributed by atoms with Crippen molar-refractivity contribution in [2.45, 2.75) is 69.3 Å². The maximum absolute atomic E-state index is 12.4. The van der Waals surface area contributed by atoms with Gasteiger partial charge in [-0.3, -0.25) is 9.36 Å². The lowest BCUT2D eigenvalue weighted by atomic mass is 10.1. The van der Waals surface area contributed by atoms with Crippen molar-refractivity contribution < 1.29 is 9.53 Å². The Balaban J connectivity index is 1.60. The Labute approximate surface area is 177 Å². The summed E-state index contributed by atoms with van der Waals surface area (Å²) in [4.78, 5) is 12.4. The predicted molar refractivity (Wildman–Crippen MR) is 116 cm³/mol. The highest BCUT2D eigenvalue weighted by molar-refractivity contribution is 7.99. The van der Waals surface area contributed by atoms with Crippen molar-refractivity contribution in [3.8, 4) is 5.75 Å². The molecule has 1 aliphatic carbocycles. The van der Waals surface area contributed by atoms with Crippen molar-refractivity contribution in [1.29, 1.82) is 0 Å². The van der Waals surface area contributed by atoms with Crippen LogP contribution in [0.15, 0.2) is 48.1 Å². The molecule has 0 bridgehead atoms. The second-order valence-corrected chi connectivity index (χ2v) is 8.30. The summed E-state index contributed by atoms with van der Waals surface area (Å²) in [5.74, 6) is 1.90. The van der Waals surface area contributed by atoms with Crippen LogP contribution < -0.4 is 10.1 Å². The number of carbonyl (C=O) groups is 1. The summed E-state index contributed by atoms with van der Waals surface area (Å²) < 4.78 is 7.95. The second kappa shape index (κ2) is 11.0. The van der Waals surface area contributed by atoms with Crippen LogP contribution in [-0.4, -0.2) is 32.5 Å². The van der Waals surface area contributed by atoms with Crippen LogP contribution in [0, 0.1) is 0 Å². The minimum Gasteiger partial charge on any atom is -0.483 e. The van der Waals surface area contributed by atoms with Crippen LogP contribution in [0.3, 0.4) is 0 Å². The molecule has 1 aliphatic rings. The summed E-state index contributed by atoms with van der Waals surface area (Å²) in [5.41, 5.74) is 0. The molecule has 156 valence electrons. The predicted octanol–water partition coefficient (Wildman–Crippen LogP) is 4.54. The third-order valence-electron chi connectivity index (χ3n) is 5.03. The Bertz CT molecular complexity index is 785. The molecule has 3 rings (SSSR count). The lowest BCUT2D eigenvalue weighted by molar-refractivity contribution is -0.119. The number of rotatable bonds is 9. The van der Waals surface area contributed by atoms with Crippen LogP contribution in [0.25, 0.3) is 0 Å². The van der Waals surface area contributed by atoms with E-state index in [1.807, 2.05) is 41.8 Å². The highest BCUT2D eigenvalue weighted by Crippen LogP contribution is 2.25. The SMILES string of the molecule is C=CCn1c(SCC(=O)NC2CCCCCC2)nnc1[C@H](C)Oc1ccccc1. The Morgan fingerprint density at radius 2 is 2.00 bits per heavy atom. The van der Waals surface area contributed by atoms with E-state index in [9.17, 15) is 4.79 Å². The van der Waals surface area contributed by atoms with Crippen LogP contribution in [0.5, 0.6) is 5.75 Å². The lowest BCUT2D eigenvalue weighted by Crippen LogP contribution is -2.35. The highest BCUT2D eigenvalue weighted by Gasteiger charge is 2.20. The third-order valence-corrected chi connectivity index (χ3v) is 6.00. The van der Waals surface area contributed by atoms with E-state index >= 15 is 0 Å². The fourth-order valence-electron chi connectivity index (χ4n) is 3.59. The number of ether oxygens (including phenoxy) is 1. The van der Waals surface area contributed by atoms with Gasteiger partial charge in [0.2, 0.25) is 5.91 Å². The minimum atomic E-state index is -0.265. The fraction of sp³-hybridized carbons (Fsp3) is 0.500. The van der Waals surface area contributed by atoms with Crippen molar-refractivity contribution in [3.63, 3.8) is 0 Å². The average Bonchev–Trinajstić information content (AvgIpc) is 2.94. The summed E-state index contributed by atoms with van der Waals surface area (Å²) in [5, 5.41) is 12.5. The van der Waals surface area contributed by atoms with Gasteiger partial charge in [0, 0.05) is 12.6 Å². The quantitative estimate of drug-likeness (QED) is 0.371. The summed E-state index contributed by atoms with van der Waals surface area (Å²) in [6.07, 6.45) is 8.67. The number of benzene rings is 1. The van der Waals surface area contributed by atoms with Gasteiger partial charge >= 0.3 is 0 Å². The molecule has 0 spiro atoms. The molecule has 0 radical (unpaired) electrons. The molecule has 1 fully saturated rings. The topological polar surface area (TPSA) is 69.0 Å². The first-order valence-corrected chi connectivity index (χ1v) is 11.3. The molecule has 0 unspecified atom stereocenters. The summed E-state index contributed by atoms with van der Waals surface area (Å²) >= 11 is 1.41. The zero-order valence-electron chi connectivity index (χ0n) is 17.0. The van der Waals surface area contributed by atoms with E-state index in [0.717, 1.165) is 24.4 Å². The largest absolute Gasteiger partial charge is 0.483 e. The van der Waals surface area contributed by atoms with Crippen molar-refractivity contribution >= 4 is 17.7 Å². The number of amides is 1. The molecular weight excluding hydrogens is 384 g/mol. The Hall–Kier alpha value is -2.28. The van der Waals surface area contributed by atoms with E-state index in [0.29, 0.717) is 23.5 Å². The van der Waals surface area contributed by atoms with Gasteiger partial charge in [-0.25, -0.2) is 0 Å². The molecule has 2 aromatic rings. The van der Waals surface area contributed by atoms with Crippen LogP contribution in [0.2, 0.25) is 0 Å². The average molecular weight is 415 g/mol. The minimum absolute atomic E-state index is 0.0604. The molecule has 7 heteroatoms. The first-order chi connectivity index (χ1) is 14.2. The van der Waals surface area contributed by atoms with Gasteiger partial charge in [-0.15, -0.1) is 16.8 Å². The van der Waals surface area contributed by atoms with Crippen LogP contribution >= 0.6 is 11.8 Å². The van der Waals surface area contributed by atoms with E-state index in [1.165, 1.54) is 37.4 Å². The van der Waals surface area contributed by atoms with Gasteiger partial charge in [0.15, 0.2) is 17.1 Å². The molecule has 1 saturated carbocycles. The van der Waals surface area contributed by atoms with Crippen LogP contribution in [0.1, 0.15) is 57.4 Å². The number of nitrogens with one attached hydrogen (secondary N) is 1. The van der Waals surface area contributed by atoms with E-state index in [-0.39, 0.29) is 12.0 Å². The van der Waals surface area contributed by atoms with Crippen molar-refractivity contribution in [3.05, 3.63) is 48.8 Å². The number of nitrogens with zero attached hydrogens (tertiary/aromatic N) is 3. The van der Waals surface area contributed by atoms with Gasteiger partial charge in [0.05, 0.1) is 5.75 Å². The highest BCUT2D eigenvalue weighted by atomic mass is 32.2. The number of carbonyl (C=O) groups excluding carboxylic acids is 1. The third kappa shape index (κ3) is 6.35. The standard InChI is InChI=1S/C22H30N4O2S/c1-3-15-26-21(17(2)28-19-13-9-6-10-14-19)24-25-22(26)29-16-20(27)23-18-11-7-4-5-8-12-18/h3,6,9-10,13-14,17-18H,1,4-5,7-8,11-12,15-16H2,2H3,(H,23,27)/t17-/m0/s1. The molecule has 29 heavy (non-hydrogen) atoms. The van der Waals surface area contributed by atoms with Crippen LogP contribution in [-0.2, 0) is 11.3 Å². The molecule has 0 saturated heterocycles. The monoisotopic (exact) mass is 414 g/mol. The number of para-hydroxylation sites is 1. The molecular formula is C22H30N4O2S. The Morgan fingerprint density at radius 1 is 1.28 bits per heavy atom. The van der Waals surface area contributed by atoms with Crippen LogP contribution in [0.4, 0.5) is 0 Å². The molecule has 0 aliphatic heterocycles. The molecule has 1 heterocycles. The van der Waals surface area contributed by atoms with Crippen molar-refractivity contribution in [2.24, 2.45) is 0 Å². The Morgan fingerprint density at radius 3 is 2.69 bits per heavy atom. The number of hydrogen-bond acceptors (Lipinski definition) is 5. The van der Waals surface area contributed by atoms with E-state index in [1.54, 1.807) is 6.08 Å². The molecule has 1 N–H and O–H groups in total. The fourth-order valence-corrected chi connectivity index (χ4v) is 4.35. The molecule has 6 nitrogen and oxygen atoms in total. The van der Waals surface area contributed by atoms with Gasteiger partial charge in [-0.2, -0.15) is 0 Å². The first-order valence-electron chi connectivity index (χ1n) is 10.3. The molecule has 1 atom stereocenters. The number of allylic oxidation sites excluding steroid dienone is 1. The normalized spacial score (nSPS) is 16.0. The molecule has 1 aromatic carbocycles. The number of thioether (sulfide) groups is 1. The lowest BCUT2D eigenvalue weighted by Gasteiger charge is -2.17. The van der Waals surface area contributed by atoms with Crippen molar-refractivity contribution in [2.75, 3.05) is 5.75 Å². The van der Waals surface area contributed by atoms with E-state index in [4.69, 9.17) is 4.74 Å². The van der Waals surface area contributed by atoms with Gasteiger partial charge in [0.1, 0.15) is 5.75 Å². The summed E-state index contributed by atoms with van der Waals surface area (Å²) in [7, 11) is 0.